The lowest BCUT2D eigenvalue weighted by Crippen LogP contribution is -2.35. The fourth-order valence-electron chi connectivity index (χ4n) is 3.52. The minimum Gasteiger partial charge on any atom is -0.497 e. The van der Waals surface area contributed by atoms with E-state index in [1.54, 1.807) is 55.4 Å². The summed E-state index contributed by atoms with van der Waals surface area (Å²) in [4.78, 5) is 50.7. The zero-order valence-corrected chi connectivity index (χ0v) is 20.1. The zero-order chi connectivity index (χ0) is 26.2. The summed E-state index contributed by atoms with van der Waals surface area (Å²) in [5, 5.41) is 16.9. The van der Waals surface area contributed by atoms with Gasteiger partial charge < -0.3 is 20.3 Å². The molecule has 36 heavy (non-hydrogen) atoms. The minimum absolute atomic E-state index is 0.0966. The van der Waals surface area contributed by atoms with Gasteiger partial charge in [0.1, 0.15) is 11.4 Å². The van der Waals surface area contributed by atoms with Crippen molar-refractivity contribution in [3.63, 3.8) is 0 Å². The van der Waals surface area contributed by atoms with Gasteiger partial charge in [-0.25, -0.2) is 0 Å². The van der Waals surface area contributed by atoms with E-state index in [9.17, 15) is 24.5 Å². The molecular formula is C26H26N4O6. The number of methoxy groups -OCH3 is 1. The monoisotopic (exact) mass is 490 g/mol. The van der Waals surface area contributed by atoms with Gasteiger partial charge in [0.05, 0.1) is 17.6 Å². The van der Waals surface area contributed by atoms with Crippen molar-refractivity contribution in [3.8, 4) is 5.75 Å². The first kappa shape index (κ1) is 25.9. The van der Waals surface area contributed by atoms with E-state index in [1.807, 2.05) is 0 Å². The number of rotatable bonds is 10. The highest BCUT2D eigenvalue weighted by molar-refractivity contribution is 6.15. The number of nitro benzene ring substituents is 1. The van der Waals surface area contributed by atoms with Gasteiger partial charge in [-0.05, 0) is 42.5 Å². The summed E-state index contributed by atoms with van der Waals surface area (Å²) in [5.74, 6) is -0.681. The number of carbonyl (C=O) groups is 3. The number of ketones is 1. The molecule has 0 saturated carbocycles. The summed E-state index contributed by atoms with van der Waals surface area (Å²) < 4.78 is 5.07. The molecule has 0 heterocycles. The first-order valence-electron chi connectivity index (χ1n) is 11.0. The van der Waals surface area contributed by atoms with Gasteiger partial charge >= 0.3 is 0 Å². The Morgan fingerprint density at radius 3 is 2.03 bits per heavy atom. The zero-order valence-electron chi connectivity index (χ0n) is 20.1. The van der Waals surface area contributed by atoms with E-state index in [1.165, 1.54) is 37.4 Å². The largest absolute Gasteiger partial charge is 0.497 e. The van der Waals surface area contributed by atoms with Crippen LogP contribution in [-0.2, 0) is 0 Å². The molecule has 10 heteroatoms. The Bertz CT molecular complexity index is 1290. The Hall–Kier alpha value is -4.73. The molecule has 0 unspecified atom stereocenters. The molecule has 2 amide bonds. The van der Waals surface area contributed by atoms with Crippen LogP contribution in [0.4, 0.5) is 11.4 Å². The van der Waals surface area contributed by atoms with Gasteiger partial charge in [0.15, 0.2) is 5.78 Å². The van der Waals surface area contributed by atoms with Crippen LogP contribution in [0.1, 0.15) is 36.6 Å². The predicted molar refractivity (Wildman–Crippen MR) is 135 cm³/mol. The molecule has 0 bridgehead atoms. The first-order valence-corrected chi connectivity index (χ1v) is 11.0. The molecule has 0 atom stereocenters. The van der Waals surface area contributed by atoms with Crippen LogP contribution in [0, 0.1) is 10.1 Å². The van der Waals surface area contributed by atoms with E-state index in [0.29, 0.717) is 17.0 Å². The Morgan fingerprint density at radius 2 is 1.44 bits per heavy atom. The third-order valence-corrected chi connectivity index (χ3v) is 5.38. The summed E-state index contributed by atoms with van der Waals surface area (Å²) in [6.07, 6.45) is 0. The van der Waals surface area contributed by atoms with Crippen LogP contribution < -0.4 is 20.3 Å². The van der Waals surface area contributed by atoms with Crippen LogP contribution in [0.5, 0.6) is 5.75 Å². The quantitative estimate of drug-likeness (QED) is 0.193. The van der Waals surface area contributed by atoms with Gasteiger partial charge in [0.25, 0.3) is 17.5 Å². The summed E-state index contributed by atoms with van der Waals surface area (Å²) in [5.41, 5.74) is 0.943. The third kappa shape index (κ3) is 6.03. The minimum atomic E-state index is -0.551. The van der Waals surface area contributed by atoms with E-state index >= 15 is 0 Å². The molecular weight excluding hydrogens is 464 g/mol. The highest BCUT2D eigenvalue weighted by Crippen LogP contribution is 2.29. The summed E-state index contributed by atoms with van der Waals surface area (Å²) in [6, 6.07) is 17.0. The van der Waals surface area contributed by atoms with Crippen LogP contribution in [0.3, 0.4) is 0 Å². The molecule has 0 saturated heterocycles. The lowest BCUT2D eigenvalue weighted by Gasteiger charge is -2.14. The normalized spacial score (nSPS) is 10.3. The second-order valence-electron chi connectivity index (χ2n) is 7.97. The van der Waals surface area contributed by atoms with E-state index in [0.717, 1.165) is 0 Å². The molecule has 3 aromatic rings. The smallest absolute Gasteiger partial charge is 0.293 e. The molecule has 0 aromatic heterocycles. The van der Waals surface area contributed by atoms with Crippen molar-refractivity contribution in [2.75, 3.05) is 39.2 Å². The fraction of sp³-hybridized carbons (Fsp3) is 0.192. The number of hydrogen-bond donors (Lipinski definition) is 2. The van der Waals surface area contributed by atoms with Gasteiger partial charge in [-0.15, -0.1) is 0 Å². The number of carbonyl (C=O) groups excluding carboxylic acids is 3. The first-order chi connectivity index (χ1) is 17.2. The van der Waals surface area contributed by atoms with Crippen LogP contribution in [0.15, 0.2) is 66.7 Å². The maximum absolute atomic E-state index is 13.2. The van der Waals surface area contributed by atoms with Crippen molar-refractivity contribution in [1.29, 1.82) is 0 Å². The Balaban J connectivity index is 1.67. The number of amides is 2. The SMILES string of the molecule is COc1ccc(C(=O)NCCNC(=O)c2ccccc2C(=O)c2ccc(N(C)C)c([N+](=O)[O-])c2)cc1. The van der Waals surface area contributed by atoms with Gasteiger partial charge in [0.2, 0.25) is 0 Å². The van der Waals surface area contributed by atoms with E-state index < -0.39 is 16.6 Å². The molecule has 0 fully saturated rings. The van der Waals surface area contributed by atoms with Crippen molar-refractivity contribution < 1.29 is 24.0 Å². The number of nitro groups is 1. The molecule has 0 aliphatic rings. The van der Waals surface area contributed by atoms with E-state index in [2.05, 4.69) is 10.6 Å². The molecule has 0 aliphatic carbocycles. The average Bonchev–Trinajstić information content (AvgIpc) is 2.90. The molecule has 0 aliphatic heterocycles. The summed E-state index contributed by atoms with van der Waals surface area (Å²) in [6.45, 7) is 0.303. The van der Waals surface area contributed by atoms with Crippen LogP contribution >= 0.6 is 0 Å². The van der Waals surface area contributed by atoms with Gasteiger partial charge in [-0.1, -0.05) is 18.2 Å². The predicted octanol–water partition coefficient (Wildman–Crippen LogP) is 3.06. The van der Waals surface area contributed by atoms with Gasteiger partial charge in [-0.3, -0.25) is 24.5 Å². The van der Waals surface area contributed by atoms with Crippen molar-refractivity contribution in [1.82, 2.24) is 10.6 Å². The molecule has 2 N–H and O–H groups in total. The molecule has 3 aromatic carbocycles. The van der Waals surface area contributed by atoms with Crippen molar-refractivity contribution in [2.24, 2.45) is 0 Å². The van der Waals surface area contributed by atoms with Gasteiger partial charge in [-0.2, -0.15) is 0 Å². The number of anilines is 1. The summed E-state index contributed by atoms with van der Waals surface area (Å²) in [7, 11) is 4.87. The topological polar surface area (TPSA) is 131 Å². The molecule has 186 valence electrons. The number of ether oxygens (including phenoxy) is 1. The molecule has 10 nitrogen and oxygen atoms in total. The van der Waals surface area contributed by atoms with Crippen molar-refractivity contribution in [2.45, 2.75) is 0 Å². The van der Waals surface area contributed by atoms with Crippen LogP contribution in [0.25, 0.3) is 0 Å². The second-order valence-corrected chi connectivity index (χ2v) is 7.97. The average molecular weight is 491 g/mol. The highest BCUT2D eigenvalue weighted by Gasteiger charge is 2.22. The molecule has 0 radical (unpaired) electrons. The number of benzene rings is 3. The van der Waals surface area contributed by atoms with Crippen molar-refractivity contribution >= 4 is 29.0 Å². The lowest BCUT2D eigenvalue weighted by molar-refractivity contribution is -0.384. The van der Waals surface area contributed by atoms with E-state index in [-0.39, 0.29) is 41.4 Å². The van der Waals surface area contributed by atoms with Gasteiger partial charge in [0, 0.05) is 49.9 Å². The Morgan fingerprint density at radius 1 is 0.861 bits per heavy atom. The van der Waals surface area contributed by atoms with E-state index in [4.69, 9.17) is 4.74 Å². The maximum atomic E-state index is 13.2. The van der Waals surface area contributed by atoms with Crippen molar-refractivity contribution in [3.05, 3.63) is 99.1 Å². The second kappa shape index (κ2) is 11.6. The maximum Gasteiger partial charge on any atom is 0.293 e. The molecule has 3 rings (SSSR count). The number of nitrogens with one attached hydrogen (secondary N) is 2. The lowest BCUT2D eigenvalue weighted by atomic mass is 9.97. The van der Waals surface area contributed by atoms with Crippen LogP contribution in [-0.4, -0.2) is 56.8 Å². The molecule has 0 spiro atoms. The standard InChI is InChI=1S/C26H26N4O6/c1-29(2)22-13-10-18(16-23(22)30(34)35)24(31)20-6-4-5-7-21(20)26(33)28-15-14-27-25(32)17-8-11-19(36-3)12-9-17/h4-13,16H,14-15H2,1-3H3,(H,27,32)(H,28,33). The summed E-state index contributed by atoms with van der Waals surface area (Å²) >= 11 is 0. The number of hydrogen-bond acceptors (Lipinski definition) is 7. The Labute approximate surface area is 208 Å². The highest BCUT2D eigenvalue weighted by atomic mass is 16.6. The van der Waals surface area contributed by atoms with Crippen LogP contribution in [0.2, 0.25) is 0 Å². The number of nitrogens with zero attached hydrogens (tertiary/aromatic N) is 2. The fourth-order valence-corrected chi connectivity index (χ4v) is 3.52. The third-order valence-electron chi connectivity index (χ3n) is 5.38. The Kier molecular flexibility index (Phi) is 8.35.